The molecule has 0 heterocycles. The van der Waals surface area contributed by atoms with E-state index in [2.05, 4.69) is 5.32 Å². The van der Waals surface area contributed by atoms with Crippen LogP contribution in [0.2, 0.25) is 0 Å². The Kier molecular flexibility index (Phi) is 7.75. The minimum Gasteiger partial charge on any atom is -0.459 e. The van der Waals surface area contributed by atoms with Crippen LogP contribution < -0.4 is 5.32 Å². The summed E-state index contributed by atoms with van der Waals surface area (Å²) in [6, 6.07) is 25.8. The molecule has 6 nitrogen and oxygen atoms in total. The van der Waals surface area contributed by atoms with E-state index in [0.717, 1.165) is 0 Å². The second kappa shape index (κ2) is 10.9. The smallest absolute Gasteiger partial charge is 0.338 e. The molecule has 32 heavy (non-hydrogen) atoms. The number of benzene rings is 3. The topological polar surface area (TPSA) is 81.7 Å². The van der Waals surface area contributed by atoms with Crippen LogP contribution in [0.1, 0.15) is 44.4 Å². The fourth-order valence-corrected chi connectivity index (χ4v) is 3.03. The quantitative estimate of drug-likeness (QED) is 0.512. The highest BCUT2D eigenvalue weighted by Gasteiger charge is 2.34. The molecule has 1 amide bonds. The van der Waals surface area contributed by atoms with Gasteiger partial charge in [-0.25, -0.2) is 9.59 Å². The van der Waals surface area contributed by atoms with Crippen LogP contribution in [0.3, 0.4) is 0 Å². The number of rotatable bonds is 9. The summed E-state index contributed by atoms with van der Waals surface area (Å²) < 4.78 is 11.0. The first-order chi connectivity index (χ1) is 15.5. The number of carbonyl (C=O) groups excluding carboxylic acids is 3. The maximum Gasteiger partial charge on any atom is 0.338 e. The zero-order chi connectivity index (χ0) is 22.8. The van der Waals surface area contributed by atoms with Gasteiger partial charge in [-0.1, -0.05) is 61.5 Å². The van der Waals surface area contributed by atoms with Gasteiger partial charge in [-0.15, -0.1) is 0 Å². The van der Waals surface area contributed by atoms with Gasteiger partial charge in [0.1, 0.15) is 18.8 Å². The molecular weight excluding hydrogens is 406 g/mol. The van der Waals surface area contributed by atoms with Gasteiger partial charge in [0.05, 0.1) is 11.1 Å². The Morgan fingerprint density at radius 1 is 0.656 bits per heavy atom. The van der Waals surface area contributed by atoms with Gasteiger partial charge in [0, 0.05) is 5.56 Å². The van der Waals surface area contributed by atoms with Crippen LogP contribution in [-0.4, -0.2) is 36.6 Å². The van der Waals surface area contributed by atoms with Crippen LogP contribution >= 0.6 is 0 Å². The first-order valence-corrected chi connectivity index (χ1v) is 10.3. The molecule has 1 N–H and O–H groups in total. The Morgan fingerprint density at radius 3 is 1.41 bits per heavy atom. The van der Waals surface area contributed by atoms with Gasteiger partial charge in [0.25, 0.3) is 5.91 Å². The van der Waals surface area contributed by atoms with Crippen molar-refractivity contribution in [2.75, 3.05) is 13.2 Å². The summed E-state index contributed by atoms with van der Waals surface area (Å²) >= 11 is 0. The first kappa shape index (κ1) is 22.7. The second-order valence-corrected chi connectivity index (χ2v) is 7.34. The summed E-state index contributed by atoms with van der Waals surface area (Å²) in [5.74, 6) is -1.39. The Bertz CT molecular complexity index is 980. The van der Waals surface area contributed by atoms with Crippen molar-refractivity contribution in [3.05, 3.63) is 108 Å². The molecule has 3 rings (SSSR count). The van der Waals surface area contributed by atoms with Crippen molar-refractivity contribution in [3.63, 3.8) is 0 Å². The van der Waals surface area contributed by atoms with E-state index >= 15 is 0 Å². The molecular formula is C26H25NO5. The maximum absolute atomic E-state index is 12.9. The average molecular weight is 431 g/mol. The molecule has 0 aliphatic heterocycles. The summed E-state index contributed by atoms with van der Waals surface area (Å²) in [7, 11) is 0. The number of amides is 1. The molecule has 3 aromatic rings. The van der Waals surface area contributed by atoms with Gasteiger partial charge in [-0.2, -0.15) is 0 Å². The molecule has 0 spiro atoms. The second-order valence-electron chi connectivity index (χ2n) is 7.34. The van der Waals surface area contributed by atoms with E-state index in [9.17, 15) is 14.4 Å². The van der Waals surface area contributed by atoms with Gasteiger partial charge in [0.2, 0.25) is 0 Å². The number of hydrogen-bond acceptors (Lipinski definition) is 5. The van der Waals surface area contributed by atoms with Crippen molar-refractivity contribution in [3.8, 4) is 0 Å². The minimum absolute atomic E-state index is 0.155. The molecule has 0 aromatic heterocycles. The van der Waals surface area contributed by atoms with Crippen molar-refractivity contribution >= 4 is 17.8 Å². The Morgan fingerprint density at radius 2 is 1.03 bits per heavy atom. The summed E-state index contributed by atoms with van der Waals surface area (Å²) in [5, 5.41) is 2.92. The van der Waals surface area contributed by atoms with Crippen molar-refractivity contribution < 1.29 is 23.9 Å². The van der Waals surface area contributed by atoms with Gasteiger partial charge in [-0.3, -0.25) is 4.79 Å². The molecule has 164 valence electrons. The van der Waals surface area contributed by atoms with Gasteiger partial charge >= 0.3 is 11.9 Å². The van der Waals surface area contributed by atoms with E-state index in [0.29, 0.717) is 23.1 Å². The number of esters is 2. The van der Waals surface area contributed by atoms with Crippen LogP contribution in [0.4, 0.5) is 0 Å². The van der Waals surface area contributed by atoms with Crippen molar-refractivity contribution in [1.29, 1.82) is 0 Å². The van der Waals surface area contributed by atoms with Crippen LogP contribution in [0.5, 0.6) is 0 Å². The number of ether oxygens (including phenoxy) is 2. The van der Waals surface area contributed by atoms with Crippen LogP contribution in [-0.2, 0) is 9.47 Å². The van der Waals surface area contributed by atoms with E-state index in [-0.39, 0.29) is 19.1 Å². The summed E-state index contributed by atoms with van der Waals surface area (Å²) in [4.78, 5) is 37.8. The minimum atomic E-state index is -1.10. The van der Waals surface area contributed by atoms with E-state index in [1.165, 1.54) is 0 Å². The number of hydrogen-bond donors (Lipinski definition) is 1. The van der Waals surface area contributed by atoms with Gasteiger partial charge in [0.15, 0.2) is 0 Å². The third-order valence-corrected chi connectivity index (χ3v) is 5.07. The Labute approximate surface area is 187 Å². The standard InChI is InChI=1S/C26H25NO5/c1-2-26(27-23(28)20-12-6-3-7-13-20,18-31-24(29)21-14-8-4-9-15-21)19-32-25(30)22-16-10-5-11-17-22/h3-17H,2,18-19H2,1H3,(H,27,28). The molecule has 3 aromatic carbocycles. The molecule has 0 saturated carbocycles. The van der Waals surface area contributed by atoms with Crippen LogP contribution in [0.25, 0.3) is 0 Å². The van der Waals surface area contributed by atoms with Crippen molar-refractivity contribution in [2.24, 2.45) is 0 Å². The van der Waals surface area contributed by atoms with Crippen LogP contribution in [0, 0.1) is 0 Å². The highest BCUT2D eigenvalue weighted by Crippen LogP contribution is 2.17. The summed E-state index contributed by atoms with van der Waals surface area (Å²) in [5.41, 5.74) is 0.150. The predicted molar refractivity (Wildman–Crippen MR) is 120 cm³/mol. The lowest BCUT2D eigenvalue weighted by Crippen LogP contribution is -2.55. The first-order valence-electron chi connectivity index (χ1n) is 10.3. The molecule has 0 radical (unpaired) electrons. The van der Waals surface area contributed by atoms with E-state index in [1.807, 2.05) is 13.0 Å². The summed E-state index contributed by atoms with van der Waals surface area (Å²) in [6.07, 6.45) is 0.371. The zero-order valence-electron chi connectivity index (χ0n) is 17.8. The molecule has 0 saturated heterocycles. The molecule has 0 bridgehead atoms. The monoisotopic (exact) mass is 431 g/mol. The van der Waals surface area contributed by atoms with E-state index in [1.54, 1.807) is 84.9 Å². The number of carbonyl (C=O) groups is 3. The maximum atomic E-state index is 12.9. The highest BCUT2D eigenvalue weighted by atomic mass is 16.5. The van der Waals surface area contributed by atoms with Gasteiger partial charge < -0.3 is 14.8 Å². The summed E-state index contributed by atoms with van der Waals surface area (Å²) in [6.45, 7) is 1.52. The molecule has 0 fully saturated rings. The average Bonchev–Trinajstić information content (AvgIpc) is 2.86. The lowest BCUT2D eigenvalue weighted by Gasteiger charge is -2.32. The van der Waals surface area contributed by atoms with E-state index < -0.39 is 17.5 Å². The third kappa shape index (κ3) is 6.04. The van der Waals surface area contributed by atoms with Gasteiger partial charge in [-0.05, 0) is 42.8 Å². The lowest BCUT2D eigenvalue weighted by atomic mass is 9.97. The normalized spacial score (nSPS) is 10.8. The number of nitrogens with one attached hydrogen (secondary N) is 1. The van der Waals surface area contributed by atoms with Crippen molar-refractivity contribution in [2.45, 2.75) is 18.9 Å². The Balaban J connectivity index is 1.76. The fourth-order valence-electron chi connectivity index (χ4n) is 3.03. The van der Waals surface area contributed by atoms with E-state index in [4.69, 9.17) is 9.47 Å². The molecule has 0 atom stereocenters. The predicted octanol–water partition coefficient (Wildman–Crippen LogP) is 4.28. The van der Waals surface area contributed by atoms with Crippen molar-refractivity contribution in [1.82, 2.24) is 5.32 Å². The Hall–Kier alpha value is -3.93. The largest absolute Gasteiger partial charge is 0.459 e. The van der Waals surface area contributed by atoms with Crippen LogP contribution in [0.15, 0.2) is 91.0 Å². The SMILES string of the molecule is CCC(COC(=O)c1ccccc1)(COC(=O)c1ccccc1)NC(=O)c1ccccc1. The zero-order valence-corrected chi connectivity index (χ0v) is 17.8. The lowest BCUT2D eigenvalue weighted by molar-refractivity contribution is 0.00933. The molecule has 0 aliphatic rings. The third-order valence-electron chi connectivity index (χ3n) is 5.07. The highest BCUT2D eigenvalue weighted by molar-refractivity contribution is 5.95. The molecule has 0 unspecified atom stereocenters. The molecule has 6 heteroatoms. The fraction of sp³-hybridized carbons (Fsp3) is 0.192. The molecule has 0 aliphatic carbocycles.